The number of furan rings is 2. The zero-order valence-corrected chi connectivity index (χ0v) is 13.0. The number of ether oxygens (including phenoxy) is 4. The molecule has 0 atom stereocenters. The van der Waals surface area contributed by atoms with E-state index in [0.717, 1.165) is 0 Å². The Labute approximate surface area is 138 Å². The van der Waals surface area contributed by atoms with Crippen molar-refractivity contribution in [1.82, 2.24) is 0 Å². The second-order valence-corrected chi connectivity index (χ2v) is 4.45. The first-order valence-corrected chi connectivity index (χ1v) is 7.34. The number of esters is 2. The third-order valence-corrected chi connectivity index (χ3v) is 2.74. The highest BCUT2D eigenvalue weighted by atomic mass is 16.6. The first kappa shape index (κ1) is 17.8. The molecule has 24 heavy (non-hydrogen) atoms. The Kier molecular flexibility index (Phi) is 7.58. The normalized spacial score (nSPS) is 10.5. The van der Waals surface area contributed by atoms with Gasteiger partial charge in [0.1, 0.15) is 13.2 Å². The van der Waals surface area contributed by atoms with E-state index in [1.165, 1.54) is 24.7 Å². The predicted octanol–water partition coefficient (Wildman–Crippen LogP) is 1.92. The summed E-state index contributed by atoms with van der Waals surface area (Å²) in [5.41, 5.74) is 0. The molecule has 0 saturated heterocycles. The van der Waals surface area contributed by atoms with Crippen LogP contribution in [-0.4, -0.2) is 51.6 Å². The molecule has 0 spiro atoms. The fraction of sp³-hybridized carbons (Fsp3) is 0.375. The van der Waals surface area contributed by atoms with Crippen LogP contribution in [0.25, 0.3) is 0 Å². The van der Waals surface area contributed by atoms with Crippen LogP contribution in [-0.2, 0) is 18.9 Å². The Morgan fingerprint density at radius 1 is 0.708 bits per heavy atom. The third kappa shape index (κ3) is 6.27. The SMILES string of the molecule is O=C(OCCOCCOCCOC(=O)c1ccco1)c1ccco1. The van der Waals surface area contributed by atoms with Gasteiger partial charge in [0.15, 0.2) is 0 Å². The number of hydrogen-bond donors (Lipinski definition) is 0. The van der Waals surface area contributed by atoms with Crippen LogP contribution in [0, 0.1) is 0 Å². The van der Waals surface area contributed by atoms with Crippen molar-refractivity contribution in [3.63, 3.8) is 0 Å². The van der Waals surface area contributed by atoms with E-state index >= 15 is 0 Å². The molecule has 0 saturated carbocycles. The van der Waals surface area contributed by atoms with Crippen molar-refractivity contribution >= 4 is 11.9 Å². The summed E-state index contributed by atoms with van der Waals surface area (Å²) in [6.45, 7) is 1.43. The van der Waals surface area contributed by atoms with Gasteiger partial charge in [0, 0.05) is 0 Å². The molecule has 2 aromatic rings. The summed E-state index contributed by atoms with van der Waals surface area (Å²) < 4.78 is 30.1. The maximum absolute atomic E-state index is 11.4. The summed E-state index contributed by atoms with van der Waals surface area (Å²) in [6.07, 6.45) is 2.80. The summed E-state index contributed by atoms with van der Waals surface area (Å²) in [7, 11) is 0. The molecule has 130 valence electrons. The van der Waals surface area contributed by atoms with E-state index in [0.29, 0.717) is 13.2 Å². The fourth-order valence-corrected chi connectivity index (χ4v) is 1.64. The van der Waals surface area contributed by atoms with Crippen LogP contribution < -0.4 is 0 Å². The zero-order valence-electron chi connectivity index (χ0n) is 13.0. The quantitative estimate of drug-likeness (QED) is 0.453. The molecular formula is C16H18O8. The highest BCUT2D eigenvalue weighted by molar-refractivity contribution is 5.86. The Hall–Kier alpha value is -2.58. The molecule has 2 aromatic heterocycles. The van der Waals surface area contributed by atoms with E-state index < -0.39 is 11.9 Å². The van der Waals surface area contributed by atoms with Crippen molar-refractivity contribution in [3.8, 4) is 0 Å². The number of carbonyl (C=O) groups excluding carboxylic acids is 2. The van der Waals surface area contributed by atoms with E-state index in [9.17, 15) is 9.59 Å². The van der Waals surface area contributed by atoms with Crippen molar-refractivity contribution in [1.29, 1.82) is 0 Å². The lowest BCUT2D eigenvalue weighted by Crippen LogP contribution is -2.14. The van der Waals surface area contributed by atoms with Gasteiger partial charge in [-0.1, -0.05) is 0 Å². The monoisotopic (exact) mass is 338 g/mol. The van der Waals surface area contributed by atoms with E-state index in [-0.39, 0.29) is 37.9 Å². The van der Waals surface area contributed by atoms with Crippen LogP contribution >= 0.6 is 0 Å². The third-order valence-electron chi connectivity index (χ3n) is 2.74. The lowest BCUT2D eigenvalue weighted by Gasteiger charge is -2.06. The second-order valence-electron chi connectivity index (χ2n) is 4.45. The summed E-state index contributed by atoms with van der Waals surface area (Å²) in [6, 6.07) is 6.26. The van der Waals surface area contributed by atoms with Crippen molar-refractivity contribution in [2.24, 2.45) is 0 Å². The summed E-state index contributed by atoms with van der Waals surface area (Å²) in [4.78, 5) is 22.8. The second kappa shape index (κ2) is 10.2. The highest BCUT2D eigenvalue weighted by Crippen LogP contribution is 2.02. The van der Waals surface area contributed by atoms with Crippen molar-refractivity contribution < 1.29 is 37.4 Å². The molecule has 0 aliphatic rings. The van der Waals surface area contributed by atoms with Crippen LogP contribution in [0.2, 0.25) is 0 Å². The fourth-order valence-electron chi connectivity index (χ4n) is 1.64. The first-order chi connectivity index (χ1) is 11.8. The van der Waals surface area contributed by atoms with E-state index in [2.05, 4.69) is 0 Å². The van der Waals surface area contributed by atoms with Gasteiger partial charge in [-0.15, -0.1) is 0 Å². The lowest BCUT2D eigenvalue weighted by molar-refractivity contribution is 0.000720. The largest absolute Gasteiger partial charge is 0.457 e. The van der Waals surface area contributed by atoms with Crippen LogP contribution in [0.3, 0.4) is 0 Å². The van der Waals surface area contributed by atoms with Gasteiger partial charge >= 0.3 is 11.9 Å². The van der Waals surface area contributed by atoms with Gasteiger partial charge in [-0.25, -0.2) is 9.59 Å². The van der Waals surface area contributed by atoms with E-state index in [1.54, 1.807) is 12.1 Å². The molecule has 2 heterocycles. The molecule has 8 nitrogen and oxygen atoms in total. The van der Waals surface area contributed by atoms with Gasteiger partial charge in [-0.3, -0.25) is 0 Å². The Morgan fingerprint density at radius 2 is 1.12 bits per heavy atom. The minimum atomic E-state index is -0.529. The summed E-state index contributed by atoms with van der Waals surface area (Å²) in [5.74, 6) is -0.749. The summed E-state index contributed by atoms with van der Waals surface area (Å²) in [5, 5.41) is 0. The maximum Gasteiger partial charge on any atom is 0.374 e. The maximum atomic E-state index is 11.4. The smallest absolute Gasteiger partial charge is 0.374 e. The van der Waals surface area contributed by atoms with E-state index in [4.69, 9.17) is 27.8 Å². The van der Waals surface area contributed by atoms with Crippen molar-refractivity contribution in [2.75, 3.05) is 39.6 Å². The van der Waals surface area contributed by atoms with Crippen LogP contribution in [0.15, 0.2) is 45.6 Å². The van der Waals surface area contributed by atoms with Crippen LogP contribution in [0.1, 0.15) is 21.1 Å². The Morgan fingerprint density at radius 3 is 1.50 bits per heavy atom. The molecule has 0 aromatic carbocycles. The van der Waals surface area contributed by atoms with Gasteiger partial charge in [-0.2, -0.15) is 0 Å². The number of rotatable bonds is 11. The van der Waals surface area contributed by atoms with Gasteiger partial charge in [-0.05, 0) is 24.3 Å². The molecule has 0 unspecified atom stereocenters. The highest BCUT2D eigenvalue weighted by Gasteiger charge is 2.10. The zero-order chi connectivity index (χ0) is 17.0. The van der Waals surface area contributed by atoms with Gasteiger partial charge < -0.3 is 27.8 Å². The Balaban J connectivity index is 1.38. The van der Waals surface area contributed by atoms with Crippen LogP contribution in [0.4, 0.5) is 0 Å². The minimum Gasteiger partial charge on any atom is -0.457 e. The van der Waals surface area contributed by atoms with Crippen molar-refractivity contribution in [2.45, 2.75) is 0 Å². The molecule has 8 heteroatoms. The molecule has 0 bridgehead atoms. The predicted molar refractivity (Wildman–Crippen MR) is 79.6 cm³/mol. The molecule has 2 rings (SSSR count). The standard InChI is InChI=1S/C16H18O8/c17-15(13-3-1-5-21-13)23-11-9-19-7-8-20-10-12-24-16(18)14-4-2-6-22-14/h1-6H,7-12H2. The molecule has 0 fully saturated rings. The lowest BCUT2D eigenvalue weighted by atomic mass is 10.5. The Bertz CT molecular complexity index is 533. The minimum absolute atomic E-state index is 0.125. The molecule has 0 radical (unpaired) electrons. The van der Waals surface area contributed by atoms with Crippen molar-refractivity contribution in [3.05, 3.63) is 48.3 Å². The summed E-state index contributed by atoms with van der Waals surface area (Å²) >= 11 is 0. The number of hydrogen-bond acceptors (Lipinski definition) is 8. The van der Waals surface area contributed by atoms with Gasteiger partial charge in [0.2, 0.25) is 11.5 Å². The average Bonchev–Trinajstić information content (AvgIpc) is 3.29. The molecule has 0 aliphatic heterocycles. The topological polar surface area (TPSA) is 97.3 Å². The van der Waals surface area contributed by atoms with Gasteiger partial charge in [0.25, 0.3) is 0 Å². The average molecular weight is 338 g/mol. The van der Waals surface area contributed by atoms with E-state index in [1.807, 2.05) is 0 Å². The molecule has 0 N–H and O–H groups in total. The first-order valence-electron chi connectivity index (χ1n) is 7.34. The number of carbonyl (C=O) groups is 2. The molecule has 0 aliphatic carbocycles. The van der Waals surface area contributed by atoms with Gasteiger partial charge in [0.05, 0.1) is 39.0 Å². The molecular weight excluding hydrogens is 320 g/mol. The molecule has 0 amide bonds. The van der Waals surface area contributed by atoms with Crippen LogP contribution in [0.5, 0.6) is 0 Å².